The van der Waals surface area contributed by atoms with Crippen LogP contribution in [0.3, 0.4) is 0 Å². The maximum Gasteiger partial charge on any atom is 0.245 e. The number of carbonyl (C=O) groups excluding carboxylic acids is 1. The number of hydrogen-bond acceptors (Lipinski definition) is 7. The van der Waals surface area contributed by atoms with Crippen LogP contribution in [0.4, 0.5) is 15.9 Å². The van der Waals surface area contributed by atoms with E-state index in [2.05, 4.69) is 40.7 Å². The summed E-state index contributed by atoms with van der Waals surface area (Å²) >= 11 is 0. The van der Waals surface area contributed by atoms with Gasteiger partial charge in [-0.05, 0) is 74.1 Å². The number of fused-ring (bicyclic) bond motifs is 2. The second-order valence-electron chi connectivity index (χ2n) is 12.4. The number of imidazole rings is 1. The molecule has 6 rings (SSSR count). The fraction of sp³-hybridized carbons (Fsp3) is 0.324. The molecule has 0 bridgehead atoms. The molecule has 2 aromatic carbocycles. The largest absolute Gasteiger partial charge is 0.457 e. The number of aryl methyl sites for hydroxylation is 2. The molecule has 0 spiro atoms. The van der Waals surface area contributed by atoms with Crippen LogP contribution in [-0.4, -0.2) is 48.4 Å². The van der Waals surface area contributed by atoms with Crippen molar-refractivity contribution in [2.45, 2.75) is 46.5 Å². The number of halogens is 1. The molecule has 10 heteroatoms. The topological polar surface area (TPSA) is 98.1 Å². The number of pyridine rings is 1. The molecule has 0 radical (unpaired) electrons. The molecule has 9 nitrogen and oxygen atoms in total. The van der Waals surface area contributed by atoms with Gasteiger partial charge in [0.2, 0.25) is 5.91 Å². The van der Waals surface area contributed by atoms with Crippen molar-refractivity contribution >= 4 is 39.5 Å². The molecular formula is C34H36FN7O2. The Hall–Kier alpha value is -4.86. The molecule has 0 aliphatic carbocycles. The van der Waals surface area contributed by atoms with E-state index >= 15 is 4.39 Å². The van der Waals surface area contributed by atoms with Gasteiger partial charge in [0.1, 0.15) is 23.3 Å². The van der Waals surface area contributed by atoms with Gasteiger partial charge in [-0.2, -0.15) is 0 Å². The highest BCUT2D eigenvalue weighted by atomic mass is 19.1. The van der Waals surface area contributed by atoms with Crippen LogP contribution < -0.4 is 10.1 Å². The predicted molar refractivity (Wildman–Crippen MR) is 170 cm³/mol. The minimum Gasteiger partial charge on any atom is -0.457 e. The van der Waals surface area contributed by atoms with Crippen LogP contribution in [0.5, 0.6) is 11.5 Å². The van der Waals surface area contributed by atoms with E-state index < -0.39 is 5.82 Å². The van der Waals surface area contributed by atoms with Crippen LogP contribution in [0.25, 0.3) is 22.1 Å². The molecular weight excluding hydrogens is 557 g/mol. The number of hydrogen-bond donors (Lipinski definition) is 1. The average Bonchev–Trinajstić information content (AvgIpc) is 3.28. The molecule has 44 heavy (non-hydrogen) atoms. The van der Waals surface area contributed by atoms with Crippen LogP contribution in [-0.2, 0) is 11.8 Å². The molecule has 1 aliphatic rings. The fourth-order valence-electron chi connectivity index (χ4n) is 6.20. The van der Waals surface area contributed by atoms with Gasteiger partial charge in [-0.1, -0.05) is 20.4 Å². The molecule has 1 atom stereocenters. The van der Waals surface area contributed by atoms with E-state index in [1.807, 2.05) is 53.8 Å². The predicted octanol–water partition coefficient (Wildman–Crippen LogP) is 7.12. The summed E-state index contributed by atoms with van der Waals surface area (Å²) in [6.07, 6.45) is 6.21. The quantitative estimate of drug-likeness (QED) is 0.209. The van der Waals surface area contributed by atoms with E-state index in [1.54, 1.807) is 19.3 Å². The molecule has 0 unspecified atom stereocenters. The van der Waals surface area contributed by atoms with Crippen LogP contribution >= 0.6 is 0 Å². The summed E-state index contributed by atoms with van der Waals surface area (Å²) in [5.74, 6) is 1.09. The Labute approximate surface area is 255 Å². The standard InChI is InChI=1S/C34H36FN7O2/c1-7-29(43)42-13-12-22(16-34(4,5)17-42)24-9-10-25-31(39-24)33(37-18-36-25)40-27-14-20(2)32(21(3)30(27)35)44-23-8-11-28-26(15-23)38-19-41(28)6/h7-11,14-15,18-19,22H,1,12-13,16-17H2,2-6H3,(H,36,37,40)/t22-/m0/s1. The first-order valence-electron chi connectivity index (χ1n) is 14.7. The van der Waals surface area contributed by atoms with Gasteiger partial charge in [0.05, 0.1) is 28.6 Å². The van der Waals surface area contributed by atoms with Gasteiger partial charge in [-0.25, -0.2) is 24.3 Å². The molecule has 5 aromatic rings. The van der Waals surface area contributed by atoms with Gasteiger partial charge in [0.15, 0.2) is 11.6 Å². The third-order valence-electron chi connectivity index (χ3n) is 8.37. The summed E-state index contributed by atoms with van der Waals surface area (Å²) in [4.78, 5) is 32.5. The summed E-state index contributed by atoms with van der Waals surface area (Å²) in [5, 5.41) is 3.18. The maximum absolute atomic E-state index is 15.9. The second-order valence-corrected chi connectivity index (χ2v) is 12.4. The van der Waals surface area contributed by atoms with E-state index in [4.69, 9.17) is 9.72 Å². The summed E-state index contributed by atoms with van der Waals surface area (Å²) in [6, 6.07) is 11.3. The molecule has 1 saturated heterocycles. The van der Waals surface area contributed by atoms with Crippen molar-refractivity contribution in [3.8, 4) is 11.5 Å². The third-order valence-corrected chi connectivity index (χ3v) is 8.37. The number of aromatic nitrogens is 5. The first-order valence-corrected chi connectivity index (χ1v) is 14.7. The summed E-state index contributed by atoms with van der Waals surface area (Å²) < 4.78 is 24.0. The van der Waals surface area contributed by atoms with Crippen molar-refractivity contribution in [2.24, 2.45) is 12.5 Å². The van der Waals surface area contributed by atoms with Gasteiger partial charge in [-0.15, -0.1) is 0 Å². The average molecular weight is 594 g/mol. The highest BCUT2D eigenvalue weighted by molar-refractivity contribution is 5.88. The fourth-order valence-corrected chi connectivity index (χ4v) is 6.20. The van der Waals surface area contributed by atoms with Gasteiger partial charge in [0, 0.05) is 43.4 Å². The van der Waals surface area contributed by atoms with Crippen molar-refractivity contribution in [3.63, 3.8) is 0 Å². The lowest BCUT2D eigenvalue weighted by atomic mass is 9.81. The Bertz CT molecular complexity index is 1920. The van der Waals surface area contributed by atoms with Crippen LogP contribution in [0, 0.1) is 25.1 Å². The molecule has 4 heterocycles. The van der Waals surface area contributed by atoms with Crippen LogP contribution in [0.15, 0.2) is 61.7 Å². The Morgan fingerprint density at radius 2 is 1.95 bits per heavy atom. The minimum atomic E-state index is -0.440. The summed E-state index contributed by atoms with van der Waals surface area (Å²) in [6.45, 7) is 12.9. The van der Waals surface area contributed by atoms with E-state index in [1.165, 1.54) is 12.4 Å². The number of likely N-dealkylation sites (tertiary alicyclic amines) is 1. The van der Waals surface area contributed by atoms with Gasteiger partial charge >= 0.3 is 0 Å². The Morgan fingerprint density at radius 3 is 2.75 bits per heavy atom. The number of amides is 1. The van der Waals surface area contributed by atoms with E-state index in [0.717, 1.165) is 35.1 Å². The summed E-state index contributed by atoms with van der Waals surface area (Å²) in [5.41, 5.74) is 5.21. The van der Waals surface area contributed by atoms with E-state index in [0.29, 0.717) is 47.0 Å². The van der Waals surface area contributed by atoms with E-state index in [-0.39, 0.29) is 22.9 Å². The summed E-state index contributed by atoms with van der Waals surface area (Å²) in [7, 11) is 1.93. The lowest BCUT2D eigenvalue weighted by Crippen LogP contribution is -2.36. The molecule has 3 aromatic heterocycles. The van der Waals surface area contributed by atoms with E-state index in [9.17, 15) is 4.79 Å². The number of rotatable bonds is 6. The number of carbonyl (C=O) groups is 1. The minimum absolute atomic E-state index is 0.0524. The molecule has 226 valence electrons. The molecule has 1 fully saturated rings. The molecule has 1 amide bonds. The van der Waals surface area contributed by atoms with Crippen molar-refractivity contribution in [3.05, 3.63) is 84.3 Å². The van der Waals surface area contributed by atoms with Crippen LogP contribution in [0.1, 0.15) is 49.4 Å². The lowest BCUT2D eigenvalue weighted by molar-refractivity contribution is -0.127. The third kappa shape index (κ3) is 5.59. The second kappa shape index (κ2) is 11.3. The number of nitrogens with one attached hydrogen (secondary N) is 1. The SMILES string of the molecule is C=CC(=O)N1CC[C@H](c2ccc3ncnc(Nc4cc(C)c(Oc5ccc6c(c5)ncn6C)c(C)c4F)c3n2)CC(C)(C)C1. The van der Waals surface area contributed by atoms with Crippen LogP contribution in [0.2, 0.25) is 0 Å². The Kier molecular flexibility index (Phi) is 7.53. The number of ether oxygens (including phenoxy) is 1. The lowest BCUT2D eigenvalue weighted by Gasteiger charge is -2.29. The number of anilines is 2. The Morgan fingerprint density at radius 1 is 1.14 bits per heavy atom. The zero-order valence-electron chi connectivity index (χ0n) is 25.7. The molecule has 1 aliphatic heterocycles. The monoisotopic (exact) mass is 593 g/mol. The van der Waals surface area contributed by atoms with Crippen molar-refractivity contribution < 1.29 is 13.9 Å². The van der Waals surface area contributed by atoms with Gasteiger partial charge < -0.3 is 19.5 Å². The smallest absolute Gasteiger partial charge is 0.245 e. The van der Waals surface area contributed by atoms with Gasteiger partial charge in [0.25, 0.3) is 0 Å². The zero-order chi connectivity index (χ0) is 31.2. The zero-order valence-corrected chi connectivity index (χ0v) is 25.7. The Balaban J connectivity index is 1.29. The van der Waals surface area contributed by atoms with Crippen molar-refractivity contribution in [2.75, 3.05) is 18.4 Å². The van der Waals surface area contributed by atoms with Gasteiger partial charge in [-0.3, -0.25) is 4.79 Å². The molecule has 1 N–H and O–H groups in total. The maximum atomic E-state index is 15.9. The first-order chi connectivity index (χ1) is 21.0. The highest BCUT2D eigenvalue weighted by Crippen LogP contribution is 2.39. The number of benzene rings is 2. The first kappa shape index (κ1) is 29.2. The van der Waals surface area contributed by atoms with Crippen molar-refractivity contribution in [1.82, 2.24) is 29.4 Å². The number of nitrogens with zero attached hydrogens (tertiary/aromatic N) is 6. The normalized spacial score (nSPS) is 16.6. The van der Waals surface area contributed by atoms with Crippen molar-refractivity contribution in [1.29, 1.82) is 0 Å². The molecule has 0 saturated carbocycles. The highest BCUT2D eigenvalue weighted by Gasteiger charge is 2.33.